The first-order valence-electron chi connectivity index (χ1n) is 21.4. The highest BCUT2D eigenvalue weighted by Crippen LogP contribution is 2.42. The molecule has 2 unspecified atom stereocenters. The summed E-state index contributed by atoms with van der Waals surface area (Å²) in [5.74, 6) is 0. The van der Waals surface area contributed by atoms with Crippen LogP contribution in [0.1, 0.15) is 29.0 Å². The van der Waals surface area contributed by atoms with Crippen LogP contribution in [0, 0.1) is 6.92 Å². The van der Waals surface area contributed by atoms with Crippen molar-refractivity contribution in [3.05, 3.63) is 229 Å². The van der Waals surface area contributed by atoms with E-state index in [-0.39, 0.29) is 6.04 Å². The third-order valence-electron chi connectivity index (χ3n) is 12.9. The fraction of sp³-hybridized carbons (Fsp3) is 0.0526. The van der Waals surface area contributed by atoms with Gasteiger partial charge in [0.15, 0.2) is 0 Å². The van der Waals surface area contributed by atoms with E-state index < -0.39 is 6.29 Å². The molecule has 0 aliphatic rings. The van der Waals surface area contributed by atoms with Crippen molar-refractivity contribution in [2.45, 2.75) is 19.3 Å². The van der Waals surface area contributed by atoms with E-state index >= 15 is 0 Å². The van der Waals surface area contributed by atoms with Gasteiger partial charge in [-0.05, 0) is 108 Å². The van der Waals surface area contributed by atoms with Crippen molar-refractivity contribution in [2.24, 2.45) is 5.73 Å². The zero-order valence-electron chi connectivity index (χ0n) is 34.3. The van der Waals surface area contributed by atoms with Crippen LogP contribution in [-0.4, -0.2) is 13.7 Å². The molecule has 2 atom stereocenters. The van der Waals surface area contributed by atoms with Crippen LogP contribution in [-0.2, 0) is 0 Å². The van der Waals surface area contributed by atoms with Gasteiger partial charge in [0.2, 0.25) is 0 Å². The molecule has 3 N–H and O–H groups in total. The van der Waals surface area contributed by atoms with Crippen molar-refractivity contribution < 1.29 is 0 Å². The Morgan fingerprint density at radius 2 is 0.839 bits per heavy atom. The van der Waals surface area contributed by atoms with Gasteiger partial charge in [-0.1, -0.05) is 140 Å². The summed E-state index contributed by atoms with van der Waals surface area (Å²) in [4.78, 5) is 0. The average Bonchev–Trinajstić information content (AvgIpc) is 3.95. The van der Waals surface area contributed by atoms with Gasteiger partial charge in [-0.25, -0.2) is 0 Å². The van der Waals surface area contributed by atoms with Gasteiger partial charge in [0.25, 0.3) is 0 Å². The largest absolute Gasteiger partial charge is 0.312 e. The fourth-order valence-electron chi connectivity index (χ4n) is 10.0. The molecule has 0 spiro atoms. The number of aryl methyl sites for hydroxylation is 1. The van der Waals surface area contributed by atoms with Crippen molar-refractivity contribution in [1.29, 1.82) is 0 Å². The summed E-state index contributed by atoms with van der Waals surface area (Å²) in [7, 11) is 0. The second-order valence-electron chi connectivity index (χ2n) is 16.4. The highest BCUT2D eigenvalue weighted by molar-refractivity contribution is 6.19. The lowest BCUT2D eigenvalue weighted by molar-refractivity contribution is 0.403. The summed E-state index contributed by atoms with van der Waals surface area (Å²) in [6.07, 6.45) is -0.564. The molecule has 0 radical (unpaired) electrons. The predicted octanol–water partition coefficient (Wildman–Crippen LogP) is 13.8. The van der Waals surface area contributed by atoms with Crippen LogP contribution < -0.4 is 11.1 Å². The topological polar surface area (TPSA) is 52.8 Å². The summed E-state index contributed by atoms with van der Waals surface area (Å²) in [6, 6.07) is 76.5. The van der Waals surface area contributed by atoms with E-state index in [0.717, 1.165) is 49.8 Å². The molecular formula is C57H43N5. The molecule has 0 bridgehead atoms. The molecule has 0 fully saturated rings. The van der Waals surface area contributed by atoms with Crippen LogP contribution in [0.15, 0.2) is 212 Å². The molecule has 9 aromatic carbocycles. The number of aromatic nitrogens is 3. The summed E-state index contributed by atoms with van der Waals surface area (Å²) in [5.41, 5.74) is 22.6. The minimum absolute atomic E-state index is 0.132. The zero-order valence-corrected chi connectivity index (χ0v) is 34.3. The summed E-state index contributed by atoms with van der Waals surface area (Å²) in [5, 5.41) is 11.1. The Balaban J connectivity index is 1.09. The molecule has 12 aromatic rings. The normalized spacial score (nSPS) is 12.9. The van der Waals surface area contributed by atoms with Crippen LogP contribution in [0.5, 0.6) is 0 Å². The average molecular weight is 798 g/mol. The Hall–Kier alpha value is -7.70. The van der Waals surface area contributed by atoms with Gasteiger partial charge in [0.1, 0.15) is 6.29 Å². The van der Waals surface area contributed by atoms with Gasteiger partial charge >= 0.3 is 0 Å². The number of nitrogens with one attached hydrogen (secondary N) is 1. The number of nitrogens with zero attached hydrogens (tertiary/aromatic N) is 3. The van der Waals surface area contributed by atoms with Gasteiger partial charge < -0.3 is 13.7 Å². The molecule has 296 valence electrons. The highest BCUT2D eigenvalue weighted by Gasteiger charge is 2.24. The van der Waals surface area contributed by atoms with E-state index in [1.807, 2.05) is 0 Å². The van der Waals surface area contributed by atoms with Crippen LogP contribution in [0.4, 0.5) is 0 Å². The molecule has 0 amide bonds. The maximum absolute atomic E-state index is 7.51. The van der Waals surface area contributed by atoms with Crippen molar-refractivity contribution >= 4 is 65.4 Å². The Morgan fingerprint density at radius 3 is 1.47 bits per heavy atom. The molecule has 5 nitrogen and oxygen atoms in total. The first kappa shape index (κ1) is 36.2. The lowest BCUT2D eigenvalue weighted by atomic mass is 9.95. The molecule has 3 aromatic heterocycles. The first-order chi connectivity index (χ1) is 30.6. The van der Waals surface area contributed by atoms with Crippen molar-refractivity contribution in [3.63, 3.8) is 0 Å². The van der Waals surface area contributed by atoms with Gasteiger partial charge in [0, 0.05) is 43.7 Å². The lowest BCUT2D eigenvalue weighted by Crippen LogP contribution is -2.37. The number of nitrogens with two attached hydrogens (primary N) is 1. The Bertz CT molecular complexity index is 3630. The monoisotopic (exact) mass is 797 g/mol. The zero-order chi connectivity index (χ0) is 41.3. The van der Waals surface area contributed by atoms with Gasteiger partial charge in [0.05, 0.1) is 39.1 Å². The second-order valence-corrected chi connectivity index (χ2v) is 16.4. The van der Waals surface area contributed by atoms with Crippen LogP contribution in [0.25, 0.3) is 87.9 Å². The maximum Gasteiger partial charge on any atom is 0.137 e. The van der Waals surface area contributed by atoms with Crippen LogP contribution in [0.3, 0.4) is 0 Å². The Kier molecular flexibility index (Phi) is 8.46. The van der Waals surface area contributed by atoms with Crippen LogP contribution in [0.2, 0.25) is 0 Å². The summed E-state index contributed by atoms with van der Waals surface area (Å²) in [6.45, 7) is 2.18. The quantitative estimate of drug-likeness (QED) is 0.150. The number of fused-ring (bicyclic) bond motifs is 9. The smallest absolute Gasteiger partial charge is 0.137 e. The molecular weight excluding hydrogens is 755 g/mol. The molecule has 12 rings (SSSR count). The van der Waals surface area contributed by atoms with E-state index in [2.05, 4.69) is 238 Å². The molecule has 0 saturated heterocycles. The van der Waals surface area contributed by atoms with E-state index in [9.17, 15) is 0 Å². The van der Waals surface area contributed by atoms with E-state index in [4.69, 9.17) is 5.73 Å². The molecule has 3 heterocycles. The Morgan fingerprint density at radius 1 is 0.387 bits per heavy atom. The third-order valence-corrected chi connectivity index (χ3v) is 12.9. The number of hydrogen-bond donors (Lipinski definition) is 2. The number of rotatable bonds is 8. The van der Waals surface area contributed by atoms with Crippen LogP contribution >= 0.6 is 0 Å². The summed E-state index contributed by atoms with van der Waals surface area (Å²) < 4.78 is 7.08. The van der Waals surface area contributed by atoms with E-state index in [1.165, 1.54) is 54.8 Å². The number of benzene rings is 9. The fourth-order valence-corrected chi connectivity index (χ4v) is 10.0. The molecule has 5 heteroatoms. The predicted molar refractivity (Wildman–Crippen MR) is 259 cm³/mol. The standard InChI is InChI=1S/C57H43N5/c1-37-17-11-12-24-43(37)56(38-18-5-2-6-19-38)59-57(58)62-53-32-30-40(39-29-31-52-46(33-39)44-25-13-15-27-50(44)60(52)41-20-7-3-8-21-41)34-47(53)49-36-54-48(35-55(49)62)45-26-14-16-28-51(45)61(54)42-22-9-4-10-23-42/h2-36,56-57,59H,58H2,1H3. The molecule has 0 aliphatic heterocycles. The minimum atomic E-state index is -0.564. The SMILES string of the molecule is Cc1ccccc1C(NC(N)n1c2ccc(-c3ccc4c(c3)c3ccccc3n4-c3ccccc3)cc2c2cc3c(cc21)c1ccccc1n3-c1ccccc1)c1ccccc1. The van der Waals surface area contributed by atoms with Gasteiger partial charge in [-0.2, -0.15) is 0 Å². The minimum Gasteiger partial charge on any atom is -0.312 e. The molecule has 62 heavy (non-hydrogen) atoms. The first-order valence-corrected chi connectivity index (χ1v) is 21.4. The maximum atomic E-state index is 7.51. The Labute approximate surface area is 359 Å². The van der Waals surface area contributed by atoms with Crippen molar-refractivity contribution in [2.75, 3.05) is 0 Å². The molecule has 0 saturated carbocycles. The number of para-hydroxylation sites is 4. The number of hydrogen-bond acceptors (Lipinski definition) is 2. The highest BCUT2D eigenvalue weighted by atomic mass is 15.3. The van der Waals surface area contributed by atoms with E-state index in [1.54, 1.807) is 0 Å². The van der Waals surface area contributed by atoms with Crippen molar-refractivity contribution in [3.8, 4) is 22.5 Å². The van der Waals surface area contributed by atoms with Gasteiger partial charge in [-0.15, -0.1) is 0 Å². The van der Waals surface area contributed by atoms with E-state index in [0.29, 0.717) is 0 Å². The summed E-state index contributed by atoms with van der Waals surface area (Å²) >= 11 is 0. The van der Waals surface area contributed by atoms with Crippen molar-refractivity contribution in [1.82, 2.24) is 19.0 Å². The third kappa shape index (κ3) is 5.71. The lowest BCUT2D eigenvalue weighted by Gasteiger charge is -2.27. The van der Waals surface area contributed by atoms with Gasteiger partial charge in [-0.3, -0.25) is 11.1 Å². The molecule has 0 aliphatic carbocycles. The second kappa shape index (κ2) is 14.5.